The molecule has 1 saturated carbocycles. The minimum absolute atomic E-state index is 0.206. The van der Waals surface area contributed by atoms with Crippen molar-refractivity contribution < 1.29 is 9.90 Å². The number of imidazole rings is 1. The number of nitriles is 1. The van der Waals surface area contributed by atoms with Gasteiger partial charge in [-0.3, -0.25) is 0 Å². The van der Waals surface area contributed by atoms with Crippen molar-refractivity contribution in [1.29, 1.82) is 5.26 Å². The lowest BCUT2D eigenvalue weighted by Crippen LogP contribution is -2.03. The van der Waals surface area contributed by atoms with Gasteiger partial charge in [0.05, 0.1) is 22.2 Å². The number of aromatic nitrogens is 2. The summed E-state index contributed by atoms with van der Waals surface area (Å²) < 4.78 is 0. The van der Waals surface area contributed by atoms with E-state index in [2.05, 4.69) is 16.0 Å². The average molecular weight is 295 g/mol. The molecule has 0 aliphatic heterocycles. The summed E-state index contributed by atoms with van der Waals surface area (Å²) in [6, 6.07) is 6.94. The second kappa shape index (κ2) is 6.02. The highest BCUT2D eigenvalue weighted by Gasteiger charge is 2.15. The number of hydrogen-bond acceptors (Lipinski definition) is 3. The van der Waals surface area contributed by atoms with Crippen LogP contribution in [0.1, 0.15) is 48.3 Å². The van der Waals surface area contributed by atoms with E-state index < -0.39 is 5.97 Å². The largest absolute Gasteiger partial charge is 0.478 e. The lowest BCUT2D eigenvalue weighted by molar-refractivity contribution is 0.0697. The van der Waals surface area contributed by atoms with E-state index in [9.17, 15) is 10.1 Å². The maximum absolute atomic E-state index is 11.0. The quantitative estimate of drug-likeness (QED) is 0.844. The van der Waals surface area contributed by atoms with Crippen molar-refractivity contribution >= 4 is 22.6 Å². The van der Waals surface area contributed by atoms with Crippen LogP contribution in [0.2, 0.25) is 0 Å². The molecule has 3 rings (SSSR count). The Morgan fingerprint density at radius 3 is 2.82 bits per heavy atom. The SMILES string of the molecule is N#C/C(=C\C1CCCCC1)c1nc2ccc(C(=O)O)cc2[nH]1. The van der Waals surface area contributed by atoms with Gasteiger partial charge in [0, 0.05) is 0 Å². The van der Waals surface area contributed by atoms with Gasteiger partial charge in [0.15, 0.2) is 0 Å². The molecule has 2 N–H and O–H groups in total. The molecule has 0 unspecified atom stereocenters. The van der Waals surface area contributed by atoms with Crippen LogP contribution in [-0.4, -0.2) is 21.0 Å². The molecule has 0 saturated heterocycles. The van der Waals surface area contributed by atoms with Crippen LogP contribution in [0.25, 0.3) is 16.6 Å². The molecule has 1 aliphatic carbocycles. The zero-order valence-electron chi connectivity index (χ0n) is 12.2. The fraction of sp³-hybridized carbons (Fsp3) is 0.353. The first-order valence-corrected chi connectivity index (χ1v) is 7.53. The molecule has 0 spiro atoms. The van der Waals surface area contributed by atoms with E-state index in [0.29, 0.717) is 28.3 Å². The fourth-order valence-electron chi connectivity index (χ4n) is 2.98. The van der Waals surface area contributed by atoms with Gasteiger partial charge in [0.1, 0.15) is 11.9 Å². The van der Waals surface area contributed by atoms with Crippen LogP contribution in [0.4, 0.5) is 0 Å². The number of aromatic amines is 1. The van der Waals surface area contributed by atoms with Crippen LogP contribution in [0.5, 0.6) is 0 Å². The highest BCUT2D eigenvalue weighted by Crippen LogP contribution is 2.28. The number of rotatable bonds is 3. The van der Waals surface area contributed by atoms with Crippen LogP contribution < -0.4 is 0 Å². The highest BCUT2D eigenvalue weighted by molar-refractivity contribution is 5.93. The topological polar surface area (TPSA) is 89.8 Å². The molecule has 1 aromatic carbocycles. The van der Waals surface area contributed by atoms with Crippen molar-refractivity contribution in [1.82, 2.24) is 9.97 Å². The lowest BCUT2D eigenvalue weighted by Gasteiger charge is -2.18. The minimum atomic E-state index is -0.976. The molecule has 0 bridgehead atoms. The van der Waals surface area contributed by atoms with Crippen molar-refractivity contribution in [3.8, 4) is 6.07 Å². The second-order valence-electron chi connectivity index (χ2n) is 5.71. The van der Waals surface area contributed by atoms with Crippen molar-refractivity contribution in [2.24, 2.45) is 5.92 Å². The number of hydrogen-bond donors (Lipinski definition) is 2. The van der Waals surface area contributed by atoms with Gasteiger partial charge in [0.2, 0.25) is 0 Å². The first kappa shape index (κ1) is 14.3. The maximum atomic E-state index is 11.0. The molecule has 112 valence electrons. The van der Waals surface area contributed by atoms with E-state index in [4.69, 9.17) is 5.11 Å². The Labute approximate surface area is 128 Å². The van der Waals surface area contributed by atoms with Gasteiger partial charge in [0.25, 0.3) is 0 Å². The summed E-state index contributed by atoms with van der Waals surface area (Å²) in [5.74, 6) is -0.0203. The van der Waals surface area contributed by atoms with Crippen molar-refractivity contribution in [2.75, 3.05) is 0 Å². The lowest BCUT2D eigenvalue weighted by atomic mass is 9.88. The number of carbonyl (C=O) groups is 1. The molecule has 5 nitrogen and oxygen atoms in total. The van der Waals surface area contributed by atoms with Gasteiger partial charge >= 0.3 is 5.97 Å². The standard InChI is InChI=1S/C17H17N3O2/c18-10-13(8-11-4-2-1-3-5-11)16-19-14-7-6-12(17(21)22)9-15(14)20-16/h6-9,11H,1-5H2,(H,19,20)(H,21,22)/b13-8+. The maximum Gasteiger partial charge on any atom is 0.335 e. The van der Waals surface area contributed by atoms with Gasteiger partial charge in [-0.2, -0.15) is 5.26 Å². The Bertz CT molecular complexity index is 777. The normalized spacial score (nSPS) is 16.6. The third kappa shape index (κ3) is 2.86. The summed E-state index contributed by atoms with van der Waals surface area (Å²) in [5, 5.41) is 18.4. The monoisotopic (exact) mass is 295 g/mol. The van der Waals surface area contributed by atoms with E-state index in [-0.39, 0.29) is 5.56 Å². The number of allylic oxidation sites excluding steroid dienone is 2. The fourth-order valence-corrected chi connectivity index (χ4v) is 2.98. The molecular formula is C17H17N3O2. The van der Waals surface area contributed by atoms with Crippen LogP contribution in [0.3, 0.4) is 0 Å². The summed E-state index contributed by atoms with van der Waals surface area (Å²) in [7, 11) is 0. The summed E-state index contributed by atoms with van der Waals surface area (Å²) in [4.78, 5) is 18.5. The van der Waals surface area contributed by atoms with E-state index in [1.165, 1.54) is 25.3 Å². The molecule has 1 fully saturated rings. The van der Waals surface area contributed by atoms with Crippen LogP contribution in [-0.2, 0) is 0 Å². The Hall–Kier alpha value is -2.61. The smallest absolute Gasteiger partial charge is 0.335 e. The molecule has 1 aliphatic rings. The summed E-state index contributed by atoms with van der Waals surface area (Å²) >= 11 is 0. The van der Waals surface area contributed by atoms with Crippen molar-refractivity contribution in [3.63, 3.8) is 0 Å². The number of aromatic carboxylic acids is 1. The van der Waals surface area contributed by atoms with E-state index in [0.717, 1.165) is 12.8 Å². The third-order valence-electron chi connectivity index (χ3n) is 4.16. The van der Waals surface area contributed by atoms with Crippen molar-refractivity contribution in [3.05, 3.63) is 35.7 Å². The molecule has 2 aromatic rings. The average Bonchev–Trinajstić information content (AvgIpc) is 2.96. The molecule has 1 aromatic heterocycles. The summed E-state index contributed by atoms with van der Waals surface area (Å²) in [5.41, 5.74) is 2.06. The number of nitrogens with zero attached hydrogens (tertiary/aromatic N) is 2. The zero-order valence-corrected chi connectivity index (χ0v) is 12.2. The Kier molecular flexibility index (Phi) is 3.92. The van der Waals surface area contributed by atoms with Gasteiger partial charge in [-0.25, -0.2) is 9.78 Å². The van der Waals surface area contributed by atoms with Gasteiger partial charge in [-0.05, 0) is 37.0 Å². The number of carboxylic acid groups (broad SMARTS) is 1. The van der Waals surface area contributed by atoms with E-state index >= 15 is 0 Å². The van der Waals surface area contributed by atoms with E-state index in [1.54, 1.807) is 12.1 Å². The van der Waals surface area contributed by atoms with Crippen LogP contribution >= 0.6 is 0 Å². The van der Waals surface area contributed by atoms with Gasteiger partial charge < -0.3 is 10.1 Å². The molecule has 5 heteroatoms. The first-order valence-electron chi connectivity index (χ1n) is 7.53. The van der Waals surface area contributed by atoms with Crippen LogP contribution in [0, 0.1) is 17.2 Å². The number of fused-ring (bicyclic) bond motifs is 1. The Balaban J connectivity index is 1.95. The molecule has 1 heterocycles. The second-order valence-corrected chi connectivity index (χ2v) is 5.71. The zero-order chi connectivity index (χ0) is 15.5. The molecule has 22 heavy (non-hydrogen) atoms. The molecule has 0 amide bonds. The number of nitrogens with one attached hydrogen (secondary N) is 1. The Morgan fingerprint density at radius 2 is 2.14 bits per heavy atom. The van der Waals surface area contributed by atoms with Gasteiger partial charge in [-0.15, -0.1) is 0 Å². The predicted octanol–water partition coefficient (Wildman–Crippen LogP) is 3.75. The van der Waals surface area contributed by atoms with Crippen molar-refractivity contribution in [2.45, 2.75) is 32.1 Å². The highest BCUT2D eigenvalue weighted by atomic mass is 16.4. The molecular weight excluding hydrogens is 278 g/mol. The van der Waals surface area contributed by atoms with Gasteiger partial charge in [-0.1, -0.05) is 25.3 Å². The van der Waals surface area contributed by atoms with E-state index in [1.807, 2.05) is 6.08 Å². The summed E-state index contributed by atoms with van der Waals surface area (Å²) in [6.45, 7) is 0. The Morgan fingerprint density at radius 1 is 1.36 bits per heavy atom. The molecule has 0 atom stereocenters. The third-order valence-corrected chi connectivity index (χ3v) is 4.16. The number of benzene rings is 1. The number of H-pyrrole nitrogens is 1. The predicted molar refractivity (Wildman–Crippen MR) is 83.2 cm³/mol. The first-order chi connectivity index (χ1) is 10.7. The van der Waals surface area contributed by atoms with Crippen LogP contribution in [0.15, 0.2) is 24.3 Å². The minimum Gasteiger partial charge on any atom is -0.478 e. The molecule has 0 radical (unpaired) electrons. The number of carboxylic acids is 1. The summed E-state index contributed by atoms with van der Waals surface area (Å²) in [6.07, 6.45) is 7.94.